The summed E-state index contributed by atoms with van der Waals surface area (Å²) >= 11 is 13.3. The molecule has 0 aliphatic heterocycles. The Labute approximate surface area is 189 Å². The van der Waals surface area contributed by atoms with E-state index in [0.717, 1.165) is 10.2 Å². The summed E-state index contributed by atoms with van der Waals surface area (Å²) in [6.07, 6.45) is 4.90. The van der Waals surface area contributed by atoms with Crippen LogP contribution in [0.5, 0.6) is 0 Å². The maximum absolute atomic E-state index is 13.2. The van der Waals surface area contributed by atoms with Gasteiger partial charge in [0.1, 0.15) is 0 Å². The minimum absolute atomic E-state index is 0.0469. The summed E-state index contributed by atoms with van der Waals surface area (Å²) in [6, 6.07) is 6.34. The van der Waals surface area contributed by atoms with Gasteiger partial charge in [0.25, 0.3) is 0 Å². The van der Waals surface area contributed by atoms with Crippen LogP contribution in [0.3, 0.4) is 0 Å². The number of hydrogen-bond acceptors (Lipinski definition) is 6. The van der Waals surface area contributed by atoms with E-state index in [1.54, 1.807) is 30.8 Å². The molecule has 2 heterocycles. The van der Waals surface area contributed by atoms with E-state index in [1.807, 2.05) is 6.07 Å². The van der Waals surface area contributed by atoms with Crippen LogP contribution in [0.1, 0.15) is 11.3 Å². The molecule has 0 amide bonds. The van der Waals surface area contributed by atoms with E-state index < -0.39 is 23.2 Å². The summed E-state index contributed by atoms with van der Waals surface area (Å²) in [4.78, 5) is 3.93. The van der Waals surface area contributed by atoms with E-state index >= 15 is 0 Å². The molecular weight excluding hydrogens is 498 g/mol. The van der Waals surface area contributed by atoms with Gasteiger partial charge in [-0.1, -0.05) is 0 Å². The molecule has 0 aliphatic carbocycles. The second-order valence-electron chi connectivity index (χ2n) is 6.09. The Morgan fingerprint density at radius 3 is 2.29 bits per heavy atom. The average molecular weight is 511 g/mol. The van der Waals surface area contributed by atoms with E-state index in [9.17, 15) is 22.0 Å². The molecule has 2 aromatic heterocycles. The number of benzene rings is 1. The van der Waals surface area contributed by atoms with Gasteiger partial charge in [0.2, 0.25) is 0 Å². The van der Waals surface area contributed by atoms with Gasteiger partial charge in [-0.05, 0) is 0 Å². The van der Waals surface area contributed by atoms with Crippen molar-refractivity contribution in [1.29, 1.82) is 5.26 Å². The fourth-order valence-corrected chi connectivity index (χ4v) is 4.50. The van der Waals surface area contributed by atoms with Crippen LogP contribution < -0.4 is 15.3 Å². The maximum atomic E-state index is 13.2. The van der Waals surface area contributed by atoms with Crippen LogP contribution in [-0.2, 0) is 6.54 Å². The van der Waals surface area contributed by atoms with Crippen molar-refractivity contribution in [3.05, 3.63) is 58.0 Å². The van der Waals surface area contributed by atoms with E-state index in [1.165, 1.54) is 11.9 Å². The van der Waals surface area contributed by atoms with Crippen LogP contribution in [0.25, 0.3) is 5.69 Å². The Morgan fingerprint density at radius 1 is 1.16 bits per heavy atom. The first-order valence-electron chi connectivity index (χ1n) is 8.36. The first-order chi connectivity index (χ1) is 14.5. The monoisotopic (exact) mass is 510 g/mol. The Morgan fingerprint density at radius 2 is 1.77 bits per heavy atom. The number of halogens is 6. The molecule has 31 heavy (non-hydrogen) atoms. The third-order valence-corrected chi connectivity index (χ3v) is 6.03. The number of rotatable bonds is 7. The van der Waals surface area contributed by atoms with Crippen molar-refractivity contribution in [2.24, 2.45) is 0 Å². The van der Waals surface area contributed by atoms with E-state index in [4.69, 9.17) is 23.2 Å². The van der Waals surface area contributed by atoms with Crippen molar-refractivity contribution >= 4 is 59.8 Å². The van der Waals surface area contributed by atoms with Gasteiger partial charge in [-0.15, -0.1) is 0 Å². The van der Waals surface area contributed by atoms with Crippen molar-refractivity contribution in [3.63, 3.8) is 0 Å². The predicted molar refractivity (Wildman–Crippen MR) is 118 cm³/mol. The molecule has 164 valence electrons. The predicted octanol–water partition coefficient (Wildman–Crippen LogP) is 6.46. The average Bonchev–Trinajstić information content (AvgIpc) is 3.03. The molecule has 3 aromatic rings. The molecule has 1 aromatic carbocycles. The van der Waals surface area contributed by atoms with Crippen LogP contribution in [0.4, 0.5) is 28.3 Å². The van der Waals surface area contributed by atoms with Crippen molar-refractivity contribution in [1.82, 2.24) is 14.8 Å². The van der Waals surface area contributed by atoms with Crippen LogP contribution in [0.2, 0.25) is 10.0 Å². The molecule has 0 radical (unpaired) electrons. The zero-order valence-corrected chi connectivity index (χ0v) is 18.8. The fraction of sp³-hybridized carbons (Fsp3) is 0.118. The molecule has 2 N–H and O–H groups in total. The van der Waals surface area contributed by atoms with Gasteiger partial charge in [-0.2, -0.15) is 0 Å². The van der Waals surface area contributed by atoms with Crippen LogP contribution in [-0.4, -0.2) is 21.0 Å². The molecule has 0 saturated carbocycles. The van der Waals surface area contributed by atoms with Gasteiger partial charge in [0.15, 0.2) is 0 Å². The third-order valence-electron chi connectivity index (χ3n) is 4.01. The fourth-order valence-electron chi connectivity index (χ4n) is 2.66. The van der Waals surface area contributed by atoms with Gasteiger partial charge in [-0.3, -0.25) is 0 Å². The Kier molecular flexibility index (Phi) is 6.58. The normalized spacial score (nSPS) is 12.6. The molecule has 0 atom stereocenters. The van der Waals surface area contributed by atoms with Gasteiger partial charge >= 0.3 is 189 Å². The van der Waals surface area contributed by atoms with Gasteiger partial charge in [0.05, 0.1) is 0 Å². The van der Waals surface area contributed by atoms with E-state index in [0.29, 0.717) is 12.1 Å². The molecule has 0 saturated heterocycles. The van der Waals surface area contributed by atoms with Crippen LogP contribution in [0.15, 0.2) is 36.7 Å². The second-order valence-corrected chi connectivity index (χ2v) is 9.48. The molecule has 6 nitrogen and oxygen atoms in total. The number of pyridine rings is 1. The van der Waals surface area contributed by atoms with Crippen molar-refractivity contribution in [3.8, 4) is 11.8 Å². The van der Waals surface area contributed by atoms with Crippen LogP contribution in [0, 0.1) is 11.3 Å². The van der Waals surface area contributed by atoms with Gasteiger partial charge in [0, 0.05) is 0 Å². The van der Waals surface area contributed by atoms with E-state index in [-0.39, 0.29) is 29.4 Å². The van der Waals surface area contributed by atoms with Crippen molar-refractivity contribution in [2.45, 2.75) is 6.54 Å². The van der Waals surface area contributed by atoms with Crippen molar-refractivity contribution in [2.75, 3.05) is 16.3 Å². The third kappa shape index (κ3) is 5.15. The second kappa shape index (κ2) is 8.71. The number of nitrogens with one attached hydrogen (secondary N) is 2. The van der Waals surface area contributed by atoms with Crippen molar-refractivity contribution < 1.29 is 16.8 Å². The Hall–Kier alpha value is -2.25. The minimum atomic E-state index is -8.08. The quantitative estimate of drug-likeness (QED) is 0.215. The molecular formula is C17H13Cl2F4N6PS. The standard InChI is InChI=1S/C17H13Cl2F4N6PS/c1-31-28-15-14(8-24)27-29(17(15)26-9-10-2-4-25-5-3-10)16-12(18)6-11(7-13(16)19)30(20,21,22)23/h2-7,26,28H,9H2,1H3. The summed E-state index contributed by atoms with van der Waals surface area (Å²) in [7, 11) is -8.08. The molecule has 0 fully saturated rings. The SMILES string of the molecule is CSNc1c(C#N)nn(-c2c(Cl)cc(P(F)(F)(F)F)cc2Cl)c1NCc1ccncc1. The summed E-state index contributed by atoms with van der Waals surface area (Å²) in [5.41, 5.74) is 0.947. The summed E-state index contributed by atoms with van der Waals surface area (Å²) < 4.78 is 57.0. The topological polar surface area (TPSA) is 78.6 Å². The van der Waals surface area contributed by atoms with Crippen LogP contribution >= 0.6 is 43.0 Å². The number of nitriles is 1. The molecule has 0 bridgehead atoms. The molecule has 0 unspecified atom stereocenters. The first-order valence-corrected chi connectivity index (χ1v) is 12.1. The number of nitrogens with zero attached hydrogens (tertiary/aromatic N) is 4. The molecule has 0 spiro atoms. The Balaban J connectivity index is 2.16. The molecule has 14 heteroatoms. The molecule has 0 aliphatic rings. The number of anilines is 2. The summed E-state index contributed by atoms with van der Waals surface area (Å²) in [5.74, 6) is 0.234. The zero-order valence-electron chi connectivity index (χ0n) is 15.6. The zero-order chi connectivity index (χ0) is 22.8. The summed E-state index contributed by atoms with van der Waals surface area (Å²) in [6.45, 7) is 0.274. The van der Waals surface area contributed by atoms with Gasteiger partial charge < -0.3 is 0 Å². The van der Waals surface area contributed by atoms with E-state index in [2.05, 4.69) is 20.1 Å². The Bertz CT molecular complexity index is 1130. The number of hydrogen-bond donors (Lipinski definition) is 2. The summed E-state index contributed by atoms with van der Waals surface area (Å²) in [5, 5.41) is 14.2. The van der Waals surface area contributed by atoms with Gasteiger partial charge in [-0.25, -0.2) is 0 Å². The number of aromatic nitrogens is 3. The first kappa shape index (κ1) is 23.4. The molecule has 3 rings (SSSR count).